The molecule has 4 nitrogen and oxygen atoms in total. The van der Waals surface area contributed by atoms with Crippen molar-refractivity contribution in [2.24, 2.45) is 0 Å². The highest BCUT2D eigenvalue weighted by Gasteiger charge is 2.09. The van der Waals surface area contributed by atoms with Crippen molar-refractivity contribution in [3.8, 4) is 0 Å². The van der Waals surface area contributed by atoms with Crippen molar-refractivity contribution in [3.05, 3.63) is 46.8 Å². The van der Waals surface area contributed by atoms with Crippen LogP contribution >= 0.6 is 0 Å². The molecular weight excluding hydrogens is 260 g/mol. The molecule has 0 saturated carbocycles. The summed E-state index contributed by atoms with van der Waals surface area (Å²) in [5, 5.41) is 3.41. The van der Waals surface area contributed by atoms with E-state index in [1.54, 1.807) is 0 Å². The lowest BCUT2D eigenvalue weighted by Gasteiger charge is -2.13. The van der Waals surface area contributed by atoms with Crippen molar-refractivity contribution in [3.63, 3.8) is 0 Å². The molecule has 2 rings (SSSR count). The predicted molar refractivity (Wildman–Crippen MR) is 88.3 cm³/mol. The normalized spacial score (nSPS) is 10.6. The standard InChI is InChI=1S/C17H24N4/c1-4-8-15-20-16(18)12(3)17(21-15)19-11-14-10-7-6-9-13(14)5-2/h6-7,9-10H,4-5,8,11H2,1-3H3,(H3,18,19,20,21). The third kappa shape index (κ3) is 3.72. The lowest BCUT2D eigenvalue weighted by Crippen LogP contribution is -2.10. The zero-order valence-corrected chi connectivity index (χ0v) is 13.1. The van der Waals surface area contributed by atoms with Crippen LogP contribution in [0.25, 0.3) is 0 Å². The molecule has 0 spiro atoms. The van der Waals surface area contributed by atoms with Gasteiger partial charge in [0.2, 0.25) is 0 Å². The van der Waals surface area contributed by atoms with Crippen molar-refractivity contribution < 1.29 is 0 Å². The average molecular weight is 284 g/mol. The summed E-state index contributed by atoms with van der Waals surface area (Å²) in [5.74, 6) is 2.23. The van der Waals surface area contributed by atoms with E-state index in [2.05, 4.69) is 53.4 Å². The first-order valence-corrected chi connectivity index (χ1v) is 7.59. The Labute approximate surface area is 126 Å². The second kappa shape index (κ2) is 7.07. The Morgan fingerprint density at radius 1 is 1.10 bits per heavy atom. The summed E-state index contributed by atoms with van der Waals surface area (Å²) in [4.78, 5) is 8.93. The third-order valence-corrected chi connectivity index (χ3v) is 3.65. The molecule has 0 amide bonds. The molecule has 0 saturated heterocycles. The van der Waals surface area contributed by atoms with E-state index in [0.29, 0.717) is 5.82 Å². The van der Waals surface area contributed by atoms with E-state index in [4.69, 9.17) is 5.73 Å². The van der Waals surface area contributed by atoms with Gasteiger partial charge in [-0.3, -0.25) is 0 Å². The molecule has 21 heavy (non-hydrogen) atoms. The van der Waals surface area contributed by atoms with Crippen LogP contribution < -0.4 is 11.1 Å². The summed E-state index contributed by atoms with van der Waals surface area (Å²) in [6.45, 7) is 7.00. The van der Waals surface area contributed by atoms with E-state index in [9.17, 15) is 0 Å². The monoisotopic (exact) mass is 284 g/mol. The summed E-state index contributed by atoms with van der Waals surface area (Å²) >= 11 is 0. The Bertz CT molecular complexity index is 608. The molecule has 0 atom stereocenters. The number of benzene rings is 1. The number of anilines is 2. The fourth-order valence-corrected chi connectivity index (χ4v) is 2.34. The maximum absolute atomic E-state index is 5.99. The number of nitrogens with one attached hydrogen (secondary N) is 1. The quantitative estimate of drug-likeness (QED) is 0.852. The van der Waals surface area contributed by atoms with Crippen LogP contribution in [0.3, 0.4) is 0 Å². The molecule has 1 heterocycles. The van der Waals surface area contributed by atoms with Gasteiger partial charge in [0.15, 0.2) is 0 Å². The Balaban J connectivity index is 2.19. The average Bonchev–Trinajstić information content (AvgIpc) is 2.50. The number of nitrogens with zero attached hydrogens (tertiary/aromatic N) is 2. The minimum atomic E-state index is 0.569. The van der Waals surface area contributed by atoms with Gasteiger partial charge in [0.25, 0.3) is 0 Å². The first-order valence-electron chi connectivity index (χ1n) is 7.59. The fraction of sp³-hybridized carbons (Fsp3) is 0.412. The van der Waals surface area contributed by atoms with Gasteiger partial charge in [-0.1, -0.05) is 38.1 Å². The van der Waals surface area contributed by atoms with Crippen LogP contribution in [0.15, 0.2) is 24.3 Å². The van der Waals surface area contributed by atoms with E-state index in [-0.39, 0.29) is 0 Å². The van der Waals surface area contributed by atoms with E-state index in [1.807, 2.05) is 6.92 Å². The molecular formula is C17H24N4. The van der Waals surface area contributed by atoms with E-state index in [1.165, 1.54) is 11.1 Å². The van der Waals surface area contributed by atoms with Gasteiger partial charge in [0, 0.05) is 18.5 Å². The van der Waals surface area contributed by atoms with Gasteiger partial charge in [-0.2, -0.15) is 0 Å². The highest BCUT2D eigenvalue weighted by molar-refractivity contribution is 5.55. The number of aryl methyl sites for hydroxylation is 2. The maximum atomic E-state index is 5.99. The largest absolute Gasteiger partial charge is 0.383 e. The van der Waals surface area contributed by atoms with Crippen LogP contribution in [0.4, 0.5) is 11.6 Å². The van der Waals surface area contributed by atoms with Gasteiger partial charge in [-0.15, -0.1) is 0 Å². The summed E-state index contributed by atoms with van der Waals surface area (Å²) in [6, 6.07) is 8.47. The Morgan fingerprint density at radius 2 is 1.81 bits per heavy atom. The lowest BCUT2D eigenvalue weighted by atomic mass is 10.1. The van der Waals surface area contributed by atoms with Crippen LogP contribution in [0.5, 0.6) is 0 Å². The second-order valence-corrected chi connectivity index (χ2v) is 5.22. The summed E-state index contributed by atoms with van der Waals surface area (Å²) in [6.07, 6.45) is 2.90. The molecule has 4 heteroatoms. The van der Waals surface area contributed by atoms with Crippen LogP contribution in [0.1, 0.15) is 42.8 Å². The highest BCUT2D eigenvalue weighted by atomic mass is 15.1. The molecule has 112 valence electrons. The van der Waals surface area contributed by atoms with E-state index in [0.717, 1.165) is 43.0 Å². The molecule has 1 aromatic heterocycles. The van der Waals surface area contributed by atoms with Crippen molar-refractivity contribution in [2.75, 3.05) is 11.1 Å². The van der Waals surface area contributed by atoms with E-state index < -0.39 is 0 Å². The second-order valence-electron chi connectivity index (χ2n) is 5.22. The number of rotatable bonds is 6. The third-order valence-electron chi connectivity index (χ3n) is 3.65. The lowest BCUT2D eigenvalue weighted by molar-refractivity contribution is 0.833. The number of hydrogen-bond donors (Lipinski definition) is 2. The van der Waals surface area contributed by atoms with Crippen molar-refractivity contribution in [1.29, 1.82) is 0 Å². The minimum absolute atomic E-state index is 0.569. The fourth-order valence-electron chi connectivity index (χ4n) is 2.34. The molecule has 0 aliphatic rings. The summed E-state index contributed by atoms with van der Waals surface area (Å²) in [5.41, 5.74) is 9.57. The van der Waals surface area contributed by atoms with Crippen molar-refractivity contribution in [2.45, 2.75) is 46.6 Å². The Morgan fingerprint density at radius 3 is 2.48 bits per heavy atom. The Hall–Kier alpha value is -2.10. The molecule has 0 aliphatic carbocycles. The van der Waals surface area contributed by atoms with Gasteiger partial charge in [-0.25, -0.2) is 9.97 Å². The van der Waals surface area contributed by atoms with Crippen molar-refractivity contribution in [1.82, 2.24) is 9.97 Å². The number of aromatic nitrogens is 2. The zero-order valence-electron chi connectivity index (χ0n) is 13.1. The first kappa shape index (κ1) is 15.3. The summed E-state index contributed by atoms with van der Waals surface area (Å²) < 4.78 is 0. The minimum Gasteiger partial charge on any atom is -0.383 e. The molecule has 1 aromatic carbocycles. The molecule has 0 fully saturated rings. The molecule has 3 N–H and O–H groups in total. The van der Waals surface area contributed by atoms with Crippen LogP contribution in [0, 0.1) is 6.92 Å². The number of nitrogen functional groups attached to an aromatic ring is 1. The van der Waals surface area contributed by atoms with Crippen LogP contribution in [0.2, 0.25) is 0 Å². The molecule has 0 bridgehead atoms. The molecule has 0 radical (unpaired) electrons. The van der Waals surface area contributed by atoms with Crippen molar-refractivity contribution >= 4 is 11.6 Å². The van der Waals surface area contributed by atoms with Gasteiger partial charge >= 0.3 is 0 Å². The van der Waals surface area contributed by atoms with Gasteiger partial charge < -0.3 is 11.1 Å². The molecule has 2 aromatic rings. The Kier molecular flexibility index (Phi) is 5.14. The molecule has 0 aliphatic heterocycles. The van der Waals surface area contributed by atoms with Gasteiger partial charge in [0.05, 0.1) is 0 Å². The van der Waals surface area contributed by atoms with E-state index >= 15 is 0 Å². The number of nitrogens with two attached hydrogens (primary N) is 1. The predicted octanol–water partition coefficient (Wildman–Crippen LogP) is 3.49. The topological polar surface area (TPSA) is 63.8 Å². The maximum Gasteiger partial charge on any atom is 0.135 e. The van der Waals surface area contributed by atoms with Crippen LogP contribution in [-0.4, -0.2) is 9.97 Å². The zero-order chi connectivity index (χ0) is 15.2. The first-order chi connectivity index (χ1) is 10.2. The number of hydrogen-bond acceptors (Lipinski definition) is 4. The van der Waals surface area contributed by atoms with Gasteiger partial charge in [-0.05, 0) is 30.9 Å². The van der Waals surface area contributed by atoms with Crippen LogP contribution in [-0.2, 0) is 19.4 Å². The highest BCUT2D eigenvalue weighted by Crippen LogP contribution is 2.19. The smallest absolute Gasteiger partial charge is 0.135 e. The molecule has 0 unspecified atom stereocenters. The SMILES string of the molecule is CCCc1nc(N)c(C)c(NCc2ccccc2CC)n1. The van der Waals surface area contributed by atoms with Gasteiger partial charge in [0.1, 0.15) is 17.5 Å². The summed E-state index contributed by atoms with van der Waals surface area (Å²) in [7, 11) is 0.